The summed E-state index contributed by atoms with van der Waals surface area (Å²) < 4.78 is 5.61. The summed E-state index contributed by atoms with van der Waals surface area (Å²) in [5, 5.41) is 16.9. The molecule has 1 aliphatic rings. The molecule has 0 saturated heterocycles. The Labute approximate surface area is 203 Å². The third-order valence-corrected chi connectivity index (χ3v) is 6.51. The Kier molecular flexibility index (Phi) is 5.68. The van der Waals surface area contributed by atoms with Crippen LogP contribution in [0.2, 0.25) is 0 Å². The number of anilines is 2. The van der Waals surface area contributed by atoms with Gasteiger partial charge >= 0.3 is 0 Å². The second kappa shape index (κ2) is 8.70. The van der Waals surface area contributed by atoms with Crippen LogP contribution in [0.25, 0.3) is 22.7 Å². The van der Waals surface area contributed by atoms with Crippen LogP contribution in [0, 0.1) is 5.92 Å². The molecule has 0 bridgehead atoms. The van der Waals surface area contributed by atoms with E-state index in [0.29, 0.717) is 29.1 Å². The molecule has 1 aromatic carbocycles. The van der Waals surface area contributed by atoms with Crippen molar-refractivity contribution in [3.05, 3.63) is 60.4 Å². The lowest BCUT2D eigenvalue weighted by atomic mass is 9.77. The van der Waals surface area contributed by atoms with Crippen molar-refractivity contribution in [2.24, 2.45) is 5.92 Å². The summed E-state index contributed by atoms with van der Waals surface area (Å²) in [6.45, 7) is 5.89. The van der Waals surface area contributed by atoms with E-state index in [0.717, 1.165) is 29.5 Å². The lowest BCUT2D eigenvalue weighted by Crippen LogP contribution is -2.35. The van der Waals surface area contributed by atoms with Crippen molar-refractivity contribution in [3.63, 3.8) is 0 Å². The van der Waals surface area contributed by atoms with Gasteiger partial charge in [-0.15, -0.1) is 0 Å². The molecule has 10 nitrogen and oxygen atoms in total. The van der Waals surface area contributed by atoms with Gasteiger partial charge in [-0.2, -0.15) is 4.98 Å². The highest BCUT2D eigenvalue weighted by Crippen LogP contribution is 2.50. The minimum Gasteiger partial charge on any atom is -0.394 e. The summed E-state index contributed by atoms with van der Waals surface area (Å²) in [5.74, 6) is 2.19. The number of rotatable bonds is 8. The van der Waals surface area contributed by atoms with Crippen LogP contribution in [-0.4, -0.2) is 47.3 Å². The lowest BCUT2D eigenvalue weighted by molar-refractivity contribution is 0.234. The first-order valence-electron chi connectivity index (χ1n) is 11.5. The van der Waals surface area contributed by atoms with Crippen LogP contribution in [0.3, 0.4) is 0 Å². The van der Waals surface area contributed by atoms with Crippen LogP contribution in [-0.2, 0) is 5.41 Å². The molecule has 1 fully saturated rings. The highest BCUT2D eigenvalue weighted by molar-refractivity contribution is 5.63. The molecule has 0 aliphatic heterocycles. The van der Waals surface area contributed by atoms with Crippen molar-refractivity contribution in [3.8, 4) is 22.7 Å². The molecule has 10 heteroatoms. The largest absolute Gasteiger partial charge is 0.394 e. The lowest BCUT2D eigenvalue weighted by Gasteiger charge is -2.27. The van der Waals surface area contributed by atoms with Crippen LogP contribution < -0.4 is 11.1 Å². The number of benzene rings is 1. The molecule has 3 aromatic heterocycles. The van der Waals surface area contributed by atoms with E-state index in [1.807, 2.05) is 13.8 Å². The zero-order valence-electron chi connectivity index (χ0n) is 19.9. The number of aliphatic hydroxyl groups is 1. The minimum absolute atomic E-state index is 0.0298. The summed E-state index contributed by atoms with van der Waals surface area (Å²) in [6, 6.07) is 8.31. The number of hydrogen-bond acceptors (Lipinski definition) is 10. The second-order valence-corrected chi connectivity index (χ2v) is 9.76. The van der Waals surface area contributed by atoms with E-state index < -0.39 is 11.0 Å². The van der Waals surface area contributed by atoms with Crippen molar-refractivity contribution in [2.45, 2.75) is 44.6 Å². The molecule has 0 radical (unpaired) electrons. The normalized spacial score (nSPS) is 15.5. The Bertz CT molecular complexity index is 1300. The predicted molar refractivity (Wildman–Crippen MR) is 131 cm³/mol. The maximum absolute atomic E-state index is 9.44. The van der Waals surface area contributed by atoms with E-state index in [9.17, 15) is 5.11 Å². The quantitative estimate of drug-likeness (QED) is 0.348. The van der Waals surface area contributed by atoms with Crippen LogP contribution in [0.5, 0.6) is 0 Å². The number of hydrogen-bond donors (Lipinski definition) is 3. The zero-order chi connectivity index (χ0) is 24.6. The number of nitrogens with zero attached hydrogens (tertiary/aromatic N) is 6. The first kappa shape index (κ1) is 22.9. The van der Waals surface area contributed by atoms with E-state index in [1.165, 1.54) is 0 Å². The zero-order valence-corrected chi connectivity index (χ0v) is 19.9. The molecule has 4 N–H and O–H groups in total. The first-order chi connectivity index (χ1) is 16.8. The Morgan fingerprint density at radius 1 is 0.971 bits per heavy atom. The monoisotopic (exact) mass is 472 g/mol. The first-order valence-corrected chi connectivity index (χ1v) is 11.5. The van der Waals surface area contributed by atoms with Crippen LogP contribution >= 0.6 is 0 Å². The van der Waals surface area contributed by atoms with Gasteiger partial charge in [-0.25, -0.2) is 19.9 Å². The molecule has 5 rings (SSSR count). The Morgan fingerprint density at radius 2 is 1.69 bits per heavy atom. The second-order valence-electron chi connectivity index (χ2n) is 9.76. The predicted octanol–water partition coefficient (Wildman–Crippen LogP) is 3.46. The molecule has 180 valence electrons. The molecular formula is C25H28N8O2. The van der Waals surface area contributed by atoms with Gasteiger partial charge in [0.15, 0.2) is 5.82 Å². The van der Waals surface area contributed by atoms with Crippen molar-refractivity contribution in [1.82, 2.24) is 30.1 Å². The fraction of sp³-hybridized carbons (Fsp3) is 0.360. The van der Waals surface area contributed by atoms with E-state index >= 15 is 0 Å². The van der Waals surface area contributed by atoms with Crippen LogP contribution in [0.1, 0.15) is 45.0 Å². The molecule has 1 saturated carbocycles. The number of nitrogen functional groups attached to an aromatic ring is 1. The van der Waals surface area contributed by atoms with Gasteiger partial charge in [-0.1, -0.05) is 29.4 Å². The summed E-state index contributed by atoms with van der Waals surface area (Å²) in [4.78, 5) is 21.7. The minimum atomic E-state index is -0.504. The fourth-order valence-electron chi connectivity index (χ4n) is 4.13. The van der Waals surface area contributed by atoms with Gasteiger partial charge < -0.3 is 20.7 Å². The Morgan fingerprint density at radius 3 is 2.29 bits per heavy atom. The van der Waals surface area contributed by atoms with Crippen LogP contribution in [0.4, 0.5) is 11.8 Å². The molecule has 4 aromatic rings. The van der Waals surface area contributed by atoms with Gasteiger partial charge in [-0.05, 0) is 50.7 Å². The molecule has 1 aliphatic carbocycles. The fourth-order valence-corrected chi connectivity index (χ4v) is 4.13. The topological polar surface area (TPSA) is 149 Å². The van der Waals surface area contributed by atoms with Gasteiger partial charge in [0.2, 0.25) is 5.95 Å². The molecule has 35 heavy (non-hydrogen) atoms. The number of aromatic nitrogens is 6. The maximum atomic E-state index is 9.44. The van der Waals surface area contributed by atoms with Gasteiger partial charge in [0, 0.05) is 18.0 Å². The molecule has 1 unspecified atom stereocenters. The van der Waals surface area contributed by atoms with Crippen molar-refractivity contribution in [2.75, 3.05) is 17.7 Å². The van der Waals surface area contributed by atoms with E-state index in [-0.39, 0.29) is 12.6 Å². The summed E-state index contributed by atoms with van der Waals surface area (Å²) in [7, 11) is 0. The molecular weight excluding hydrogens is 444 g/mol. The van der Waals surface area contributed by atoms with Crippen molar-refractivity contribution < 1.29 is 9.63 Å². The number of nitrogens with two attached hydrogens (primary N) is 1. The number of nitrogens with one attached hydrogen (secondary N) is 1. The van der Waals surface area contributed by atoms with Gasteiger partial charge in [0.05, 0.1) is 30.0 Å². The van der Waals surface area contributed by atoms with Crippen molar-refractivity contribution >= 4 is 11.8 Å². The van der Waals surface area contributed by atoms with E-state index in [2.05, 4.69) is 61.6 Å². The summed E-state index contributed by atoms with van der Waals surface area (Å²) in [6.07, 6.45) is 8.83. The SMILES string of the molecule is CC(C)(CO)Nc1cnc(-c2nc(C(C)(c3ccc(-c4cnc(N)nc4)cc3)C3CC3)no2)cn1. The summed E-state index contributed by atoms with van der Waals surface area (Å²) in [5.41, 5.74) is 8.23. The third-order valence-electron chi connectivity index (χ3n) is 6.51. The Balaban J connectivity index is 1.40. The summed E-state index contributed by atoms with van der Waals surface area (Å²) >= 11 is 0. The molecule has 0 amide bonds. The van der Waals surface area contributed by atoms with Gasteiger partial charge in [-0.3, -0.25) is 0 Å². The van der Waals surface area contributed by atoms with Crippen LogP contribution in [0.15, 0.2) is 53.6 Å². The van der Waals surface area contributed by atoms with Gasteiger partial charge in [0.25, 0.3) is 5.89 Å². The number of aliphatic hydroxyl groups excluding tert-OH is 1. The standard InChI is InChI=1S/C25H28N8O2/c1-24(2,14-34)32-20-13-27-19(12-28-20)21-31-22(33-35-21)25(3,18-8-9-18)17-6-4-15(5-7-17)16-10-29-23(26)30-11-16/h4-7,10-13,18,34H,8-9,14H2,1-3H3,(H,28,32)(H2,26,29,30). The third kappa shape index (κ3) is 4.57. The average Bonchev–Trinajstić information content (AvgIpc) is 3.61. The highest BCUT2D eigenvalue weighted by atomic mass is 16.5. The highest BCUT2D eigenvalue weighted by Gasteiger charge is 2.47. The average molecular weight is 473 g/mol. The van der Waals surface area contributed by atoms with E-state index in [1.54, 1.807) is 24.8 Å². The Hall–Kier alpha value is -3.92. The van der Waals surface area contributed by atoms with Crippen molar-refractivity contribution in [1.29, 1.82) is 0 Å². The molecule has 1 atom stereocenters. The molecule has 3 heterocycles. The van der Waals surface area contributed by atoms with Gasteiger partial charge in [0.1, 0.15) is 11.5 Å². The molecule has 0 spiro atoms. The maximum Gasteiger partial charge on any atom is 0.278 e. The smallest absolute Gasteiger partial charge is 0.278 e. The van der Waals surface area contributed by atoms with E-state index in [4.69, 9.17) is 15.2 Å².